The summed E-state index contributed by atoms with van der Waals surface area (Å²) >= 11 is 1.46. The molecule has 2 aromatic rings. The van der Waals surface area contributed by atoms with Crippen LogP contribution in [0.25, 0.3) is 0 Å². The van der Waals surface area contributed by atoms with E-state index in [2.05, 4.69) is 44.8 Å². The number of anilines is 1. The van der Waals surface area contributed by atoms with E-state index in [1.807, 2.05) is 24.6 Å². The number of rotatable bonds is 5. The molecule has 5 nitrogen and oxygen atoms in total. The second-order valence-corrected chi connectivity index (χ2v) is 6.54. The first kappa shape index (κ1) is 16.5. The van der Waals surface area contributed by atoms with Gasteiger partial charge in [-0.05, 0) is 35.9 Å². The average molecular weight is 342 g/mol. The minimum Gasteiger partial charge on any atom is -0.356 e. The van der Waals surface area contributed by atoms with Gasteiger partial charge in [0.05, 0.1) is 4.88 Å². The number of nitrogens with one attached hydrogen (secondary N) is 2. The zero-order valence-electron chi connectivity index (χ0n) is 13.8. The third-order valence-electron chi connectivity index (χ3n) is 4.02. The number of carbonyl (C=O) groups is 1. The fourth-order valence-corrected chi connectivity index (χ4v) is 3.48. The summed E-state index contributed by atoms with van der Waals surface area (Å²) < 4.78 is 0. The molecular formula is C18H22N4OS. The van der Waals surface area contributed by atoms with Crippen LogP contribution in [0, 0.1) is 0 Å². The fraction of sp³-hybridized carbons (Fsp3) is 0.333. The molecule has 2 heterocycles. The Balaban J connectivity index is 1.44. The third-order valence-corrected chi connectivity index (χ3v) is 4.89. The Kier molecular flexibility index (Phi) is 5.48. The van der Waals surface area contributed by atoms with Gasteiger partial charge in [-0.25, -0.2) is 0 Å². The van der Waals surface area contributed by atoms with E-state index >= 15 is 0 Å². The van der Waals surface area contributed by atoms with Crippen molar-refractivity contribution in [2.75, 3.05) is 31.6 Å². The molecule has 2 N–H and O–H groups in total. The van der Waals surface area contributed by atoms with E-state index in [-0.39, 0.29) is 5.91 Å². The molecule has 0 bridgehead atoms. The van der Waals surface area contributed by atoms with Crippen LogP contribution >= 0.6 is 11.3 Å². The van der Waals surface area contributed by atoms with Gasteiger partial charge in [0.15, 0.2) is 5.96 Å². The standard InChI is InChI=1S/C18H22N4OS/c1-19-18(22-12-9-14-6-2-3-7-15(14)22)21-11-5-10-20-17(23)16-8-4-13-24-16/h2-4,6-8,13H,5,9-12H2,1H3,(H,19,21)(H,20,23). The van der Waals surface area contributed by atoms with Gasteiger partial charge < -0.3 is 15.5 Å². The third kappa shape index (κ3) is 3.76. The molecule has 126 valence electrons. The van der Waals surface area contributed by atoms with Gasteiger partial charge in [-0.1, -0.05) is 24.3 Å². The quantitative estimate of drug-likeness (QED) is 0.499. The lowest BCUT2D eigenvalue weighted by molar-refractivity contribution is 0.0957. The number of hydrogen-bond acceptors (Lipinski definition) is 3. The highest BCUT2D eigenvalue weighted by molar-refractivity contribution is 7.12. The highest BCUT2D eigenvalue weighted by Crippen LogP contribution is 2.27. The van der Waals surface area contributed by atoms with Crippen LogP contribution in [0.3, 0.4) is 0 Å². The predicted octanol–water partition coefficient (Wildman–Crippen LogP) is 2.51. The topological polar surface area (TPSA) is 56.7 Å². The van der Waals surface area contributed by atoms with Crippen molar-refractivity contribution >= 4 is 28.9 Å². The molecule has 6 heteroatoms. The van der Waals surface area contributed by atoms with Crippen molar-refractivity contribution in [3.8, 4) is 0 Å². The summed E-state index contributed by atoms with van der Waals surface area (Å²) in [5.74, 6) is 0.896. The van der Waals surface area contributed by atoms with Crippen LogP contribution < -0.4 is 15.5 Å². The van der Waals surface area contributed by atoms with Gasteiger partial charge in [0.1, 0.15) is 0 Å². The molecule has 0 aliphatic carbocycles. The highest BCUT2D eigenvalue weighted by atomic mass is 32.1. The number of nitrogens with zero attached hydrogens (tertiary/aromatic N) is 2. The second-order valence-electron chi connectivity index (χ2n) is 5.59. The van der Waals surface area contributed by atoms with E-state index in [4.69, 9.17) is 0 Å². The Hall–Kier alpha value is -2.34. The molecule has 1 aromatic heterocycles. The summed E-state index contributed by atoms with van der Waals surface area (Å²) in [6.07, 6.45) is 1.90. The first-order valence-corrected chi connectivity index (χ1v) is 9.05. The number of para-hydroxylation sites is 1. The van der Waals surface area contributed by atoms with Crippen molar-refractivity contribution in [3.05, 3.63) is 52.2 Å². The minimum absolute atomic E-state index is 0.00264. The second kappa shape index (κ2) is 7.97. The Morgan fingerprint density at radius 1 is 1.21 bits per heavy atom. The molecular weight excluding hydrogens is 320 g/mol. The molecule has 3 rings (SSSR count). The van der Waals surface area contributed by atoms with E-state index in [0.29, 0.717) is 6.54 Å². The highest BCUT2D eigenvalue weighted by Gasteiger charge is 2.21. The van der Waals surface area contributed by atoms with Gasteiger partial charge in [-0.3, -0.25) is 9.79 Å². The molecule has 0 atom stereocenters. The predicted molar refractivity (Wildman–Crippen MR) is 100 cm³/mol. The average Bonchev–Trinajstić information content (AvgIpc) is 3.28. The molecule has 0 radical (unpaired) electrons. The molecule has 0 fully saturated rings. The Morgan fingerprint density at radius 2 is 2.04 bits per heavy atom. The van der Waals surface area contributed by atoms with Crippen LogP contribution in [0.5, 0.6) is 0 Å². The van der Waals surface area contributed by atoms with E-state index in [0.717, 1.165) is 36.8 Å². The van der Waals surface area contributed by atoms with Gasteiger partial charge in [0.2, 0.25) is 0 Å². The summed E-state index contributed by atoms with van der Waals surface area (Å²) in [6, 6.07) is 12.2. The van der Waals surface area contributed by atoms with E-state index < -0.39 is 0 Å². The normalized spacial score (nSPS) is 13.7. The first-order valence-electron chi connectivity index (χ1n) is 8.17. The number of guanidine groups is 1. The Morgan fingerprint density at radius 3 is 2.83 bits per heavy atom. The maximum absolute atomic E-state index is 11.9. The number of carbonyl (C=O) groups excluding carboxylic acids is 1. The minimum atomic E-state index is 0.00264. The molecule has 0 spiro atoms. The zero-order chi connectivity index (χ0) is 16.8. The van der Waals surface area contributed by atoms with Crippen molar-refractivity contribution in [1.82, 2.24) is 10.6 Å². The van der Waals surface area contributed by atoms with E-state index in [1.54, 1.807) is 0 Å². The van der Waals surface area contributed by atoms with Crippen molar-refractivity contribution in [2.24, 2.45) is 4.99 Å². The van der Waals surface area contributed by atoms with E-state index in [1.165, 1.54) is 22.6 Å². The van der Waals surface area contributed by atoms with Crippen LogP contribution in [0.2, 0.25) is 0 Å². The lowest BCUT2D eigenvalue weighted by Gasteiger charge is -2.22. The first-order chi connectivity index (χ1) is 11.8. The number of aliphatic imine (C=N–C) groups is 1. The van der Waals surface area contributed by atoms with Gasteiger partial charge in [-0.2, -0.15) is 0 Å². The lowest BCUT2D eigenvalue weighted by Crippen LogP contribution is -2.41. The fourth-order valence-electron chi connectivity index (χ4n) is 2.84. The zero-order valence-corrected chi connectivity index (χ0v) is 14.6. The maximum Gasteiger partial charge on any atom is 0.261 e. The summed E-state index contributed by atoms with van der Waals surface area (Å²) in [7, 11) is 1.81. The number of hydrogen-bond donors (Lipinski definition) is 2. The van der Waals surface area contributed by atoms with Crippen LogP contribution in [0.1, 0.15) is 21.7 Å². The molecule has 1 aromatic carbocycles. The molecule has 0 saturated carbocycles. The summed E-state index contributed by atoms with van der Waals surface area (Å²) in [5, 5.41) is 8.24. The van der Waals surface area contributed by atoms with Crippen LogP contribution in [-0.4, -0.2) is 38.5 Å². The Labute approximate surface area is 146 Å². The maximum atomic E-state index is 11.9. The number of fused-ring (bicyclic) bond motifs is 1. The number of amides is 1. The van der Waals surface area contributed by atoms with Gasteiger partial charge >= 0.3 is 0 Å². The van der Waals surface area contributed by atoms with Gasteiger partial charge in [0, 0.05) is 32.4 Å². The number of benzene rings is 1. The summed E-state index contributed by atoms with van der Waals surface area (Å²) in [5.41, 5.74) is 2.60. The van der Waals surface area contributed by atoms with Crippen molar-refractivity contribution < 1.29 is 4.79 Å². The van der Waals surface area contributed by atoms with Gasteiger partial charge in [-0.15, -0.1) is 11.3 Å². The molecule has 24 heavy (non-hydrogen) atoms. The molecule has 1 amide bonds. The Bertz CT molecular complexity index is 712. The van der Waals surface area contributed by atoms with Crippen LogP contribution in [0.4, 0.5) is 5.69 Å². The summed E-state index contributed by atoms with van der Waals surface area (Å²) in [4.78, 5) is 19.2. The largest absolute Gasteiger partial charge is 0.356 e. The number of thiophene rings is 1. The summed E-state index contributed by atoms with van der Waals surface area (Å²) in [6.45, 7) is 2.38. The molecule has 0 saturated heterocycles. The SMILES string of the molecule is CN=C(NCCCNC(=O)c1cccs1)N1CCc2ccccc21. The van der Waals surface area contributed by atoms with Crippen molar-refractivity contribution in [1.29, 1.82) is 0 Å². The smallest absolute Gasteiger partial charge is 0.261 e. The van der Waals surface area contributed by atoms with Crippen LogP contribution in [0.15, 0.2) is 46.8 Å². The molecule has 1 aliphatic heterocycles. The van der Waals surface area contributed by atoms with Gasteiger partial charge in [0.25, 0.3) is 5.91 Å². The monoisotopic (exact) mass is 342 g/mol. The molecule has 0 unspecified atom stereocenters. The lowest BCUT2D eigenvalue weighted by atomic mass is 10.2. The van der Waals surface area contributed by atoms with Crippen molar-refractivity contribution in [2.45, 2.75) is 12.8 Å². The van der Waals surface area contributed by atoms with Crippen molar-refractivity contribution in [3.63, 3.8) is 0 Å². The van der Waals surface area contributed by atoms with Crippen LogP contribution in [-0.2, 0) is 6.42 Å². The molecule has 1 aliphatic rings. The van der Waals surface area contributed by atoms with E-state index in [9.17, 15) is 4.79 Å².